The molecule has 0 aliphatic carbocycles. The van der Waals surface area contributed by atoms with Crippen LogP contribution in [0.15, 0.2) is 49.1 Å². The summed E-state index contributed by atoms with van der Waals surface area (Å²) in [6.45, 7) is 3.68. The van der Waals surface area contributed by atoms with Crippen LogP contribution in [0.3, 0.4) is 0 Å². The third-order valence-corrected chi connectivity index (χ3v) is 5.66. The van der Waals surface area contributed by atoms with E-state index in [9.17, 15) is 9.59 Å². The minimum Gasteiger partial charge on any atom is -0.339 e. The molecule has 134 valence electrons. The van der Waals surface area contributed by atoms with Gasteiger partial charge in [-0.1, -0.05) is 30.3 Å². The maximum absolute atomic E-state index is 12.8. The molecule has 1 aromatic carbocycles. The highest BCUT2D eigenvalue weighted by atomic mass is 16.2. The summed E-state index contributed by atoms with van der Waals surface area (Å²) in [5.74, 6) is 0.600. The van der Waals surface area contributed by atoms with E-state index >= 15 is 0 Å². The largest absolute Gasteiger partial charge is 0.339 e. The van der Waals surface area contributed by atoms with Crippen molar-refractivity contribution in [3.8, 4) is 0 Å². The summed E-state index contributed by atoms with van der Waals surface area (Å²) in [4.78, 5) is 36.7. The molecule has 2 saturated heterocycles. The van der Waals surface area contributed by atoms with Crippen molar-refractivity contribution in [1.29, 1.82) is 0 Å². The second kappa shape index (κ2) is 6.86. The minimum absolute atomic E-state index is 0.0304. The van der Waals surface area contributed by atoms with Gasteiger partial charge < -0.3 is 9.80 Å². The van der Waals surface area contributed by atoms with Gasteiger partial charge in [0, 0.05) is 56.8 Å². The highest BCUT2D eigenvalue weighted by Crippen LogP contribution is 2.41. The summed E-state index contributed by atoms with van der Waals surface area (Å²) in [6, 6.07) is 10.5. The average molecular weight is 350 g/mol. The maximum Gasteiger partial charge on any atom is 0.257 e. The third kappa shape index (κ3) is 2.96. The summed E-state index contributed by atoms with van der Waals surface area (Å²) in [5.41, 5.74) is 1.76. The second-order valence-corrected chi connectivity index (χ2v) is 7.09. The molecule has 0 bridgehead atoms. The molecule has 2 aliphatic heterocycles. The standard InChI is InChI=1S/C20H22N4O2/c1-14(25)24-12-17(15-5-3-2-4-6-15)18-11-23(8-7-19(18)24)20(26)16-9-21-13-22-10-16/h2-6,9-10,13,17-19H,7-8,11-12H2,1H3/t17-,18-,19-/m1/s1. The van der Waals surface area contributed by atoms with Crippen LogP contribution in [0.5, 0.6) is 0 Å². The van der Waals surface area contributed by atoms with E-state index in [0.717, 1.165) is 13.0 Å². The van der Waals surface area contributed by atoms with Gasteiger partial charge in [-0.2, -0.15) is 0 Å². The maximum atomic E-state index is 12.8. The molecule has 4 rings (SSSR count). The fraction of sp³-hybridized carbons (Fsp3) is 0.400. The first kappa shape index (κ1) is 16.7. The van der Waals surface area contributed by atoms with E-state index in [0.29, 0.717) is 18.7 Å². The Balaban J connectivity index is 1.60. The molecule has 0 N–H and O–H groups in total. The van der Waals surface area contributed by atoms with Crippen molar-refractivity contribution >= 4 is 11.8 Å². The van der Waals surface area contributed by atoms with Crippen LogP contribution in [0, 0.1) is 5.92 Å². The van der Waals surface area contributed by atoms with Gasteiger partial charge in [0.2, 0.25) is 5.91 Å². The van der Waals surface area contributed by atoms with Crippen molar-refractivity contribution in [2.45, 2.75) is 25.3 Å². The number of hydrogen-bond acceptors (Lipinski definition) is 4. The molecular formula is C20H22N4O2. The van der Waals surface area contributed by atoms with Gasteiger partial charge in [0.25, 0.3) is 5.91 Å². The molecule has 2 aromatic rings. The fourth-order valence-corrected chi connectivity index (χ4v) is 4.43. The van der Waals surface area contributed by atoms with Crippen LogP contribution < -0.4 is 0 Å². The SMILES string of the molecule is CC(=O)N1C[C@H](c2ccccc2)[C@H]2CN(C(=O)c3cncnc3)CC[C@H]21. The number of hydrogen-bond donors (Lipinski definition) is 0. The van der Waals surface area contributed by atoms with Crippen molar-refractivity contribution in [2.24, 2.45) is 5.92 Å². The van der Waals surface area contributed by atoms with Crippen LogP contribution in [0.25, 0.3) is 0 Å². The first-order chi connectivity index (χ1) is 12.6. The van der Waals surface area contributed by atoms with Gasteiger partial charge in [-0.3, -0.25) is 9.59 Å². The van der Waals surface area contributed by atoms with Crippen molar-refractivity contribution < 1.29 is 9.59 Å². The molecule has 1 aromatic heterocycles. The molecule has 6 heteroatoms. The van der Waals surface area contributed by atoms with Crippen LogP contribution in [-0.4, -0.2) is 57.3 Å². The van der Waals surface area contributed by atoms with Gasteiger partial charge in [-0.25, -0.2) is 9.97 Å². The van der Waals surface area contributed by atoms with Gasteiger partial charge in [0.1, 0.15) is 6.33 Å². The number of aromatic nitrogens is 2. The van der Waals surface area contributed by atoms with Crippen LogP contribution in [0.1, 0.15) is 35.2 Å². The van der Waals surface area contributed by atoms with E-state index in [4.69, 9.17) is 0 Å². The number of benzene rings is 1. The molecule has 2 fully saturated rings. The molecule has 26 heavy (non-hydrogen) atoms. The zero-order valence-corrected chi connectivity index (χ0v) is 14.8. The summed E-state index contributed by atoms with van der Waals surface area (Å²) in [7, 11) is 0. The number of rotatable bonds is 2. The molecule has 2 aliphatic rings. The quantitative estimate of drug-likeness (QED) is 0.830. The van der Waals surface area contributed by atoms with Gasteiger partial charge in [-0.05, 0) is 12.0 Å². The zero-order chi connectivity index (χ0) is 18.1. The fourth-order valence-electron chi connectivity index (χ4n) is 4.43. The number of likely N-dealkylation sites (tertiary alicyclic amines) is 2. The lowest BCUT2D eigenvalue weighted by atomic mass is 9.81. The van der Waals surface area contributed by atoms with Gasteiger partial charge in [0.05, 0.1) is 5.56 Å². The van der Waals surface area contributed by atoms with E-state index in [1.807, 2.05) is 28.0 Å². The van der Waals surface area contributed by atoms with Crippen molar-refractivity contribution in [3.63, 3.8) is 0 Å². The third-order valence-electron chi connectivity index (χ3n) is 5.66. The number of nitrogens with zero attached hydrogens (tertiary/aromatic N) is 4. The highest BCUT2D eigenvalue weighted by molar-refractivity contribution is 5.93. The number of piperidine rings is 1. The molecule has 0 radical (unpaired) electrons. The van der Waals surface area contributed by atoms with Gasteiger partial charge >= 0.3 is 0 Å². The Bertz CT molecular complexity index is 796. The Labute approximate surface area is 152 Å². The highest BCUT2D eigenvalue weighted by Gasteiger charge is 2.46. The minimum atomic E-state index is -0.0304. The molecule has 0 unspecified atom stereocenters. The Morgan fingerprint density at radius 3 is 2.50 bits per heavy atom. The summed E-state index contributed by atoms with van der Waals surface area (Å²) in [5, 5.41) is 0. The number of fused-ring (bicyclic) bond motifs is 1. The predicted molar refractivity (Wildman–Crippen MR) is 96.4 cm³/mol. The van der Waals surface area contributed by atoms with Crippen LogP contribution >= 0.6 is 0 Å². The van der Waals surface area contributed by atoms with Crippen LogP contribution in [0.4, 0.5) is 0 Å². The Kier molecular flexibility index (Phi) is 4.41. The lowest BCUT2D eigenvalue weighted by Gasteiger charge is -2.38. The lowest BCUT2D eigenvalue weighted by Crippen LogP contribution is -2.49. The van der Waals surface area contributed by atoms with E-state index in [1.54, 1.807) is 19.3 Å². The Morgan fingerprint density at radius 2 is 1.81 bits per heavy atom. The molecule has 2 amide bonds. The molecule has 3 atom stereocenters. The lowest BCUT2D eigenvalue weighted by molar-refractivity contribution is -0.130. The Morgan fingerprint density at radius 1 is 1.08 bits per heavy atom. The summed E-state index contributed by atoms with van der Waals surface area (Å²) < 4.78 is 0. The molecular weight excluding hydrogens is 328 g/mol. The summed E-state index contributed by atoms with van der Waals surface area (Å²) >= 11 is 0. The van der Waals surface area contributed by atoms with Gasteiger partial charge in [-0.15, -0.1) is 0 Å². The first-order valence-corrected chi connectivity index (χ1v) is 9.01. The predicted octanol–water partition coefficient (Wildman–Crippen LogP) is 1.95. The number of carbonyl (C=O) groups is 2. The monoisotopic (exact) mass is 350 g/mol. The van der Waals surface area contributed by atoms with E-state index in [1.165, 1.54) is 11.9 Å². The number of amides is 2. The molecule has 3 heterocycles. The second-order valence-electron chi connectivity index (χ2n) is 7.09. The topological polar surface area (TPSA) is 66.4 Å². The number of carbonyl (C=O) groups excluding carboxylic acids is 2. The van der Waals surface area contributed by atoms with Crippen molar-refractivity contribution in [1.82, 2.24) is 19.8 Å². The van der Waals surface area contributed by atoms with E-state index in [-0.39, 0.29) is 29.7 Å². The van der Waals surface area contributed by atoms with Crippen molar-refractivity contribution in [2.75, 3.05) is 19.6 Å². The van der Waals surface area contributed by atoms with E-state index < -0.39 is 0 Å². The molecule has 0 spiro atoms. The molecule has 6 nitrogen and oxygen atoms in total. The zero-order valence-electron chi connectivity index (χ0n) is 14.8. The smallest absolute Gasteiger partial charge is 0.257 e. The average Bonchev–Trinajstić information content (AvgIpc) is 3.08. The summed E-state index contributed by atoms with van der Waals surface area (Å²) in [6.07, 6.45) is 5.36. The first-order valence-electron chi connectivity index (χ1n) is 9.01. The Hall–Kier alpha value is -2.76. The molecule has 0 saturated carbocycles. The van der Waals surface area contributed by atoms with Gasteiger partial charge in [0.15, 0.2) is 0 Å². The van der Waals surface area contributed by atoms with E-state index in [2.05, 4.69) is 22.1 Å². The van der Waals surface area contributed by atoms with Crippen LogP contribution in [-0.2, 0) is 4.79 Å². The van der Waals surface area contributed by atoms with Crippen molar-refractivity contribution in [3.05, 3.63) is 60.2 Å². The van der Waals surface area contributed by atoms with Crippen LogP contribution in [0.2, 0.25) is 0 Å². The normalized spacial score (nSPS) is 25.0.